The molecule has 0 spiro atoms. The second-order valence-electron chi connectivity index (χ2n) is 11.0. The number of piperazine rings is 1. The van der Waals surface area contributed by atoms with E-state index in [0.717, 1.165) is 22.5 Å². The molecule has 39 heavy (non-hydrogen) atoms. The van der Waals surface area contributed by atoms with Crippen LogP contribution in [0.3, 0.4) is 0 Å². The summed E-state index contributed by atoms with van der Waals surface area (Å²) in [5.41, 5.74) is 3.86. The highest BCUT2D eigenvalue weighted by Crippen LogP contribution is 2.36. The lowest BCUT2D eigenvalue weighted by molar-refractivity contribution is 0.0240. The minimum Gasteiger partial charge on any atom is -0.492 e. The van der Waals surface area contributed by atoms with E-state index >= 15 is 4.39 Å². The molecular weight excluding hydrogens is 501 g/mol. The Morgan fingerprint density at radius 3 is 2.31 bits per heavy atom. The molecule has 1 fully saturated rings. The van der Waals surface area contributed by atoms with Crippen LogP contribution in [-0.2, 0) is 4.74 Å². The fraction of sp³-hybridized carbons (Fsp3) is 0.379. The van der Waals surface area contributed by atoms with Gasteiger partial charge in [0.25, 0.3) is 5.91 Å². The van der Waals surface area contributed by atoms with Crippen molar-refractivity contribution < 1.29 is 23.5 Å². The molecule has 9 nitrogen and oxygen atoms in total. The number of fused-ring (bicyclic) bond motifs is 2. The van der Waals surface area contributed by atoms with Crippen LogP contribution in [0.25, 0.3) is 21.8 Å². The Bertz CT molecular complexity index is 1570. The average Bonchev–Trinajstić information content (AvgIpc) is 3.44. The molecule has 2 aromatic carbocycles. The van der Waals surface area contributed by atoms with Crippen LogP contribution in [0.1, 0.15) is 42.5 Å². The van der Waals surface area contributed by atoms with Crippen molar-refractivity contribution >= 4 is 45.2 Å². The number of nitrogens with zero attached hydrogens (tertiary/aromatic N) is 2. The molecule has 4 aromatic rings. The lowest BCUT2D eigenvalue weighted by Crippen LogP contribution is -2.50. The summed E-state index contributed by atoms with van der Waals surface area (Å²) in [5.74, 6) is -0.969. The normalized spacial score (nSPS) is 14.2. The van der Waals surface area contributed by atoms with E-state index < -0.39 is 11.4 Å². The van der Waals surface area contributed by atoms with Gasteiger partial charge in [0.1, 0.15) is 5.60 Å². The molecule has 206 valence electrons. The molecule has 2 amide bonds. The second kappa shape index (κ2) is 9.83. The van der Waals surface area contributed by atoms with Crippen LogP contribution in [0.4, 0.5) is 20.6 Å². The number of ether oxygens (including phenoxy) is 2. The summed E-state index contributed by atoms with van der Waals surface area (Å²) < 4.78 is 25.9. The number of nitrogens with one attached hydrogen (secondary N) is 3. The maximum absolute atomic E-state index is 15.1. The number of halogens is 1. The number of aromatic nitrogens is 2. The first kappa shape index (κ1) is 26.4. The summed E-state index contributed by atoms with van der Waals surface area (Å²) in [7, 11) is 1.37. The number of aryl methyl sites for hydroxylation is 2. The van der Waals surface area contributed by atoms with Gasteiger partial charge in [0, 0.05) is 54.0 Å². The first-order valence-corrected chi connectivity index (χ1v) is 13.0. The molecule has 1 saturated heterocycles. The van der Waals surface area contributed by atoms with E-state index in [1.54, 1.807) is 17.0 Å². The Morgan fingerprint density at radius 2 is 1.64 bits per heavy atom. The number of hydrogen-bond acceptors (Lipinski definition) is 5. The maximum Gasteiger partial charge on any atom is 0.410 e. The monoisotopic (exact) mass is 535 g/mol. The van der Waals surface area contributed by atoms with Crippen molar-refractivity contribution in [3.05, 3.63) is 53.1 Å². The summed E-state index contributed by atoms with van der Waals surface area (Å²) in [6, 6.07) is 9.22. The minimum absolute atomic E-state index is 0.0314. The van der Waals surface area contributed by atoms with Gasteiger partial charge in [-0.3, -0.25) is 4.79 Å². The van der Waals surface area contributed by atoms with E-state index in [9.17, 15) is 9.59 Å². The van der Waals surface area contributed by atoms with E-state index in [1.807, 2.05) is 52.8 Å². The number of benzene rings is 2. The van der Waals surface area contributed by atoms with Crippen LogP contribution >= 0.6 is 0 Å². The number of carbonyl (C=O) groups is 2. The van der Waals surface area contributed by atoms with Crippen molar-refractivity contribution in [2.45, 2.75) is 40.2 Å². The zero-order valence-corrected chi connectivity index (χ0v) is 23.1. The average molecular weight is 536 g/mol. The molecule has 0 radical (unpaired) electrons. The van der Waals surface area contributed by atoms with Crippen molar-refractivity contribution in [3.63, 3.8) is 0 Å². The minimum atomic E-state index is -0.555. The molecule has 0 atom stereocenters. The van der Waals surface area contributed by atoms with E-state index in [0.29, 0.717) is 48.2 Å². The van der Waals surface area contributed by atoms with Crippen LogP contribution in [-0.4, -0.2) is 65.8 Å². The summed E-state index contributed by atoms with van der Waals surface area (Å²) in [6.07, 6.45) is -0.309. The smallest absolute Gasteiger partial charge is 0.410 e. The Kier molecular flexibility index (Phi) is 6.65. The van der Waals surface area contributed by atoms with Crippen molar-refractivity contribution in [1.29, 1.82) is 0 Å². The number of H-pyrrole nitrogens is 2. The van der Waals surface area contributed by atoms with Crippen molar-refractivity contribution in [2.75, 3.05) is 43.5 Å². The summed E-state index contributed by atoms with van der Waals surface area (Å²) in [6.45, 7) is 11.7. The van der Waals surface area contributed by atoms with Crippen LogP contribution in [0.15, 0.2) is 30.3 Å². The predicted molar refractivity (Wildman–Crippen MR) is 151 cm³/mol. The van der Waals surface area contributed by atoms with E-state index in [2.05, 4.69) is 20.2 Å². The molecule has 10 heteroatoms. The predicted octanol–water partition coefficient (Wildman–Crippen LogP) is 5.72. The lowest BCUT2D eigenvalue weighted by atomic mass is 10.1. The van der Waals surface area contributed by atoms with Crippen molar-refractivity contribution in [3.8, 4) is 5.75 Å². The van der Waals surface area contributed by atoms with Crippen molar-refractivity contribution in [2.24, 2.45) is 0 Å². The zero-order chi connectivity index (χ0) is 28.1. The standard InChI is InChI=1S/C29H34FN5O4/c1-16-13-18-15-21(26(38-6)23(30)24(18)31-16)33-27(36)19-7-8-22(20-14-17(2)32-25(19)20)34-9-11-35(12-10-34)28(37)39-29(3,4)5/h7-8,13-15,31-32H,9-12H2,1-6H3,(H,33,36). The number of hydrogen-bond donors (Lipinski definition) is 3. The Morgan fingerprint density at radius 1 is 0.974 bits per heavy atom. The third-order valence-electron chi connectivity index (χ3n) is 6.82. The van der Waals surface area contributed by atoms with Gasteiger partial charge >= 0.3 is 6.09 Å². The lowest BCUT2D eigenvalue weighted by Gasteiger charge is -2.37. The summed E-state index contributed by atoms with van der Waals surface area (Å²) in [4.78, 5) is 36.2. The Balaban J connectivity index is 1.40. The number of aromatic amines is 2. The fourth-order valence-electron chi connectivity index (χ4n) is 5.10. The van der Waals surface area contributed by atoms with Gasteiger partial charge in [0.2, 0.25) is 0 Å². The van der Waals surface area contributed by atoms with Crippen LogP contribution < -0.4 is 15.0 Å². The van der Waals surface area contributed by atoms with Gasteiger partial charge in [-0.2, -0.15) is 0 Å². The number of amides is 2. The molecule has 2 aromatic heterocycles. The molecule has 0 saturated carbocycles. The molecular formula is C29H34FN5O4. The summed E-state index contributed by atoms with van der Waals surface area (Å²) in [5, 5.41) is 4.39. The number of anilines is 2. The second-order valence-corrected chi connectivity index (χ2v) is 11.0. The Hall–Kier alpha value is -4.21. The first-order chi connectivity index (χ1) is 18.4. The van der Waals surface area contributed by atoms with E-state index in [1.165, 1.54) is 7.11 Å². The van der Waals surface area contributed by atoms with Gasteiger partial charge in [-0.1, -0.05) is 0 Å². The van der Waals surface area contributed by atoms with Crippen LogP contribution in [0.5, 0.6) is 5.75 Å². The number of methoxy groups -OCH3 is 1. The molecule has 3 N–H and O–H groups in total. The van der Waals surface area contributed by atoms with Crippen molar-refractivity contribution in [1.82, 2.24) is 14.9 Å². The highest BCUT2D eigenvalue weighted by Gasteiger charge is 2.27. The molecule has 3 heterocycles. The van der Waals surface area contributed by atoms with Gasteiger partial charge in [-0.05, 0) is 65.0 Å². The molecule has 0 unspecified atom stereocenters. The molecule has 0 aliphatic carbocycles. The highest BCUT2D eigenvalue weighted by molar-refractivity contribution is 6.15. The van der Waals surface area contributed by atoms with E-state index in [-0.39, 0.29) is 23.4 Å². The topological polar surface area (TPSA) is 103 Å². The third kappa shape index (κ3) is 5.10. The number of carbonyl (C=O) groups excluding carboxylic acids is 2. The maximum atomic E-state index is 15.1. The van der Waals surface area contributed by atoms with Gasteiger partial charge in [0.15, 0.2) is 11.6 Å². The molecule has 1 aliphatic heterocycles. The fourth-order valence-corrected chi connectivity index (χ4v) is 5.10. The highest BCUT2D eigenvalue weighted by atomic mass is 19.1. The molecule has 5 rings (SSSR count). The quantitative estimate of drug-likeness (QED) is 0.310. The molecule has 0 bridgehead atoms. The zero-order valence-electron chi connectivity index (χ0n) is 23.1. The largest absolute Gasteiger partial charge is 0.492 e. The van der Waals surface area contributed by atoms with Crippen LogP contribution in [0, 0.1) is 19.7 Å². The van der Waals surface area contributed by atoms with Crippen LogP contribution in [0.2, 0.25) is 0 Å². The summed E-state index contributed by atoms with van der Waals surface area (Å²) >= 11 is 0. The number of rotatable bonds is 4. The first-order valence-electron chi connectivity index (χ1n) is 13.0. The van der Waals surface area contributed by atoms with Gasteiger partial charge < -0.3 is 34.6 Å². The van der Waals surface area contributed by atoms with Gasteiger partial charge in [-0.15, -0.1) is 0 Å². The third-order valence-corrected chi connectivity index (χ3v) is 6.82. The SMILES string of the molecule is COc1c(NC(=O)c2ccc(N3CCN(C(=O)OC(C)(C)C)CC3)c3cc(C)[nH]c23)cc2cc(C)[nH]c2c1F. The molecule has 1 aliphatic rings. The van der Waals surface area contributed by atoms with E-state index in [4.69, 9.17) is 9.47 Å². The van der Waals surface area contributed by atoms with Gasteiger partial charge in [-0.25, -0.2) is 9.18 Å². The Labute approximate surface area is 226 Å². The van der Waals surface area contributed by atoms with Gasteiger partial charge in [0.05, 0.1) is 29.4 Å².